The van der Waals surface area contributed by atoms with Crippen LogP contribution in [0.5, 0.6) is 0 Å². The van der Waals surface area contributed by atoms with E-state index >= 15 is 0 Å². The summed E-state index contributed by atoms with van der Waals surface area (Å²) in [5.74, 6) is 0.126. The Hall–Kier alpha value is 0.510. The first-order valence-corrected chi connectivity index (χ1v) is 23.8. The Balaban J connectivity index is 0.0000162. The molecule has 0 saturated carbocycles. The second-order valence-corrected chi connectivity index (χ2v) is 17.5. The fourth-order valence-electron chi connectivity index (χ4n) is 7.94. The fourth-order valence-corrected chi connectivity index (χ4v) is 8.43. The van der Waals surface area contributed by atoms with Gasteiger partial charge < -0.3 is 49.0 Å². The smallest absolute Gasteiger partial charge is 0.726 e. The van der Waals surface area contributed by atoms with Crippen LogP contribution in [0.2, 0.25) is 0 Å². The van der Waals surface area contributed by atoms with Crippen LogP contribution in [0.4, 0.5) is 0 Å². The normalized spacial score (nSPS) is 28.2. The van der Waals surface area contributed by atoms with Crippen molar-refractivity contribution in [1.29, 1.82) is 0 Å². The third kappa shape index (κ3) is 23.5. The molecule has 0 aliphatic carbocycles. The molecule has 5 N–H and O–H groups in total. The summed E-state index contributed by atoms with van der Waals surface area (Å²) < 4.78 is 63.7. The Morgan fingerprint density at radius 3 is 1.40 bits per heavy atom. The Kier molecular flexibility index (Phi) is 32.3. The summed E-state index contributed by atoms with van der Waals surface area (Å²) in [6.07, 6.45) is 16.1. The number of aliphatic hydroxyl groups excluding tert-OH is 5. The van der Waals surface area contributed by atoms with Crippen molar-refractivity contribution in [1.82, 2.24) is 0 Å². The molecule has 0 bridgehead atoms. The molecule has 0 spiro atoms. The molecule has 10 atom stereocenters. The zero-order chi connectivity index (χ0) is 41.2. The summed E-state index contributed by atoms with van der Waals surface area (Å²) in [5, 5.41) is 52.1. The number of rotatable bonds is 34. The molecule has 0 aromatic rings. The number of unbranched alkanes of at least 4 members (excludes halogenated alkanes) is 22. The minimum absolute atomic E-state index is 0. The molecule has 2 saturated heterocycles. The summed E-state index contributed by atoms with van der Waals surface area (Å²) in [6.45, 7) is 5.38. The van der Waals surface area contributed by atoms with Crippen LogP contribution < -0.4 is 29.6 Å². The average Bonchev–Trinajstić information content (AvgIpc) is 3.16. The summed E-state index contributed by atoms with van der Waals surface area (Å²) >= 11 is 0. The van der Waals surface area contributed by atoms with Gasteiger partial charge in [-0.25, -0.2) is 8.42 Å². The average molecular weight is 849 g/mol. The van der Waals surface area contributed by atoms with Crippen LogP contribution in [0.3, 0.4) is 0 Å². The number of hydrogen-bond acceptors (Lipinski definition) is 13. The first-order chi connectivity index (χ1) is 26.9. The molecular formula is C42H81NaO13S. The van der Waals surface area contributed by atoms with E-state index in [2.05, 4.69) is 13.8 Å². The monoisotopic (exact) mass is 849 g/mol. The Labute approximate surface area is 367 Å². The van der Waals surface area contributed by atoms with Crippen molar-refractivity contribution in [2.45, 2.75) is 249 Å². The van der Waals surface area contributed by atoms with E-state index in [0.29, 0.717) is 0 Å². The van der Waals surface area contributed by atoms with E-state index in [1.165, 1.54) is 135 Å². The topological polar surface area (TPSA) is 204 Å². The van der Waals surface area contributed by atoms with E-state index < -0.39 is 78.4 Å². The molecule has 0 aromatic heterocycles. The van der Waals surface area contributed by atoms with Crippen LogP contribution in [0, 0.1) is 5.92 Å². The number of aliphatic hydroxyl groups is 5. The molecule has 2 rings (SSSR count). The molecule has 2 heterocycles. The minimum atomic E-state index is -5.40. The third-order valence-electron chi connectivity index (χ3n) is 11.6. The van der Waals surface area contributed by atoms with Gasteiger partial charge in [0.1, 0.15) is 42.7 Å². The van der Waals surface area contributed by atoms with Gasteiger partial charge in [-0.15, -0.1) is 0 Å². The first-order valence-electron chi connectivity index (χ1n) is 22.5. The molecule has 2 aliphatic rings. The maximum Gasteiger partial charge on any atom is 1.00 e. The van der Waals surface area contributed by atoms with E-state index in [4.69, 9.17) is 23.1 Å². The maximum absolute atomic E-state index is 11.8. The zero-order valence-electron chi connectivity index (χ0n) is 36.1. The second-order valence-electron chi connectivity index (χ2n) is 16.5. The molecule has 0 aromatic carbocycles. The predicted octanol–water partition coefficient (Wildman–Crippen LogP) is 3.94. The molecule has 0 unspecified atom stereocenters. The van der Waals surface area contributed by atoms with Crippen molar-refractivity contribution in [2.24, 2.45) is 5.92 Å². The van der Waals surface area contributed by atoms with Crippen molar-refractivity contribution in [3.05, 3.63) is 0 Å². The summed E-state index contributed by atoms with van der Waals surface area (Å²) in [6, 6.07) is 0. The van der Waals surface area contributed by atoms with Crippen LogP contribution in [0.25, 0.3) is 0 Å². The predicted molar refractivity (Wildman–Crippen MR) is 214 cm³/mol. The number of hydrogen-bond donors (Lipinski definition) is 5. The fraction of sp³-hybridized carbons (Fsp3) is 1.00. The molecule has 2 fully saturated rings. The van der Waals surface area contributed by atoms with Gasteiger partial charge >= 0.3 is 29.6 Å². The van der Waals surface area contributed by atoms with Gasteiger partial charge in [0.25, 0.3) is 0 Å². The molecule has 0 amide bonds. The first kappa shape index (κ1) is 55.5. The quantitative estimate of drug-likeness (QED) is 0.0270. The summed E-state index contributed by atoms with van der Waals surface area (Å²) in [4.78, 5) is 0. The van der Waals surface area contributed by atoms with Crippen molar-refractivity contribution in [3.63, 3.8) is 0 Å². The van der Waals surface area contributed by atoms with Gasteiger partial charge in [0.05, 0.1) is 19.3 Å². The van der Waals surface area contributed by atoms with Crippen molar-refractivity contribution >= 4 is 10.4 Å². The number of ether oxygens (including phenoxy) is 4. The molecule has 0 radical (unpaired) electrons. The van der Waals surface area contributed by atoms with E-state index in [1.807, 2.05) is 0 Å². The van der Waals surface area contributed by atoms with Crippen molar-refractivity contribution < 1.29 is 91.2 Å². The van der Waals surface area contributed by atoms with E-state index in [1.54, 1.807) is 0 Å². The van der Waals surface area contributed by atoms with Crippen LogP contribution in [0.15, 0.2) is 0 Å². The molecule has 13 nitrogen and oxygen atoms in total. The van der Waals surface area contributed by atoms with Gasteiger partial charge in [-0.3, -0.25) is 4.18 Å². The standard InChI is InChI=1S/C42H82O13S.Na/c1-4-6-8-10-12-14-16-18-20-22-24-26-28-33(29-27-25-23-21-19-17-15-13-11-9-7-5-2)31-51-42-40(54-41-38(47)37(46)35(44)32(3)52-41)39(55-56(48,49)50)36(45)34(30-43)53-42;/h32-47H,4-31H2,1-3H3,(H,48,49,50);/q;+1/p-1/t32-,34+,35+,36+,37+,38-,39-,40+,41-,42+;/m0./s1. The van der Waals surface area contributed by atoms with Gasteiger partial charge in [0, 0.05) is 0 Å². The van der Waals surface area contributed by atoms with Gasteiger partial charge in [0.15, 0.2) is 12.6 Å². The maximum atomic E-state index is 11.8. The van der Waals surface area contributed by atoms with Crippen LogP contribution >= 0.6 is 0 Å². The second kappa shape index (κ2) is 33.1. The Morgan fingerprint density at radius 2 is 1.00 bits per heavy atom. The van der Waals surface area contributed by atoms with Crippen molar-refractivity contribution in [2.75, 3.05) is 13.2 Å². The molecule has 334 valence electrons. The zero-order valence-corrected chi connectivity index (χ0v) is 38.9. The summed E-state index contributed by atoms with van der Waals surface area (Å²) in [5.41, 5.74) is 0. The van der Waals surface area contributed by atoms with Gasteiger partial charge in [-0.1, -0.05) is 168 Å². The van der Waals surface area contributed by atoms with Crippen LogP contribution in [-0.4, -0.2) is 113 Å². The van der Waals surface area contributed by atoms with Crippen molar-refractivity contribution in [3.8, 4) is 0 Å². The van der Waals surface area contributed by atoms with E-state index in [-0.39, 0.29) is 42.1 Å². The van der Waals surface area contributed by atoms with E-state index in [9.17, 15) is 38.5 Å². The SMILES string of the molecule is CCCCCCCCCCCCCCC(CCCCCCCCCCCCCC)CO[C@@H]1O[C@H](CO)[C@@H](O)[C@H](OS(=O)(=O)[O-])[C@H]1O[C@@H]1O[C@@H](C)[C@@H](O)[C@@H](O)[C@@H]1O.[Na+]. The van der Waals surface area contributed by atoms with Crippen LogP contribution in [0.1, 0.15) is 188 Å². The van der Waals surface area contributed by atoms with E-state index in [0.717, 1.165) is 38.5 Å². The largest absolute Gasteiger partial charge is 1.00 e. The molecule has 2 aliphatic heterocycles. The Bertz CT molecular complexity index is 1030. The van der Waals surface area contributed by atoms with Gasteiger partial charge in [0.2, 0.25) is 10.4 Å². The minimum Gasteiger partial charge on any atom is -0.726 e. The molecule has 57 heavy (non-hydrogen) atoms. The summed E-state index contributed by atoms with van der Waals surface area (Å²) in [7, 11) is -5.40. The third-order valence-corrected chi connectivity index (χ3v) is 12.0. The molecule has 15 heteroatoms. The molecular weight excluding hydrogens is 768 g/mol. The van der Waals surface area contributed by atoms with Crippen LogP contribution in [-0.2, 0) is 33.5 Å². The van der Waals surface area contributed by atoms with Gasteiger partial charge in [-0.2, -0.15) is 0 Å². The Morgan fingerprint density at radius 1 is 0.579 bits per heavy atom. The van der Waals surface area contributed by atoms with Gasteiger partial charge in [-0.05, 0) is 25.7 Å².